The van der Waals surface area contributed by atoms with Gasteiger partial charge < -0.3 is 0 Å². The van der Waals surface area contributed by atoms with Crippen LogP contribution in [0.25, 0.3) is 0 Å². The minimum atomic E-state index is -0.668. The van der Waals surface area contributed by atoms with Gasteiger partial charge in [0.1, 0.15) is 11.6 Å². The fourth-order valence-corrected chi connectivity index (χ4v) is 3.57. The Hall–Kier alpha value is -2.59. The molecule has 3 rings (SSSR count). The summed E-state index contributed by atoms with van der Waals surface area (Å²) in [5.41, 5.74) is 1.33. The standard InChI is InChI=1S/C20H22F2N4O/c1-14(12-25-7-5-15(11-23)13-25)2-3-20(27)26-19(4-6-24-26)16-8-17(21)10-18(22)9-16/h6,8-10,15,19H,1-5,7,12-13H2. The molecule has 0 aliphatic carbocycles. The van der Waals surface area contributed by atoms with Gasteiger partial charge in [-0.05, 0) is 37.1 Å². The molecular formula is C20H22F2N4O. The second kappa shape index (κ2) is 8.40. The van der Waals surface area contributed by atoms with Crippen LogP contribution in [0.15, 0.2) is 35.5 Å². The smallest absolute Gasteiger partial charge is 0.243 e. The minimum Gasteiger partial charge on any atom is -0.298 e. The van der Waals surface area contributed by atoms with Gasteiger partial charge in [0, 0.05) is 38.2 Å². The Balaban J connectivity index is 1.53. The van der Waals surface area contributed by atoms with Crippen molar-refractivity contribution in [3.63, 3.8) is 0 Å². The number of carbonyl (C=O) groups excluding carboxylic acids is 1. The third-order valence-corrected chi connectivity index (χ3v) is 4.95. The van der Waals surface area contributed by atoms with E-state index in [4.69, 9.17) is 5.26 Å². The van der Waals surface area contributed by atoms with E-state index in [9.17, 15) is 13.6 Å². The Morgan fingerprint density at radius 3 is 2.70 bits per heavy atom. The van der Waals surface area contributed by atoms with E-state index in [2.05, 4.69) is 22.6 Å². The van der Waals surface area contributed by atoms with Crippen molar-refractivity contribution in [2.75, 3.05) is 19.6 Å². The van der Waals surface area contributed by atoms with E-state index in [0.29, 0.717) is 24.9 Å². The molecule has 1 aromatic carbocycles. The number of amides is 1. The van der Waals surface area contributed by atoms with Gasteiger partial charge in [-0.15, -0.1) is 0 Å². The summed E-state index contributed by atoms with van der Waals surface area (Å²) in [5.74, 6) is -1.46. The zero-order chi connectivity index (χ0) is 19.4. The Kier molecular flexibility index (Phi) is 5.97. The Labute approximate surface area is 157 Å². The number of nitriles is 1. The van der Waals surface area contributed by atoms with Gasteiger partial charge in [0.25, 0.3) is 0 Å². The largest absolute Gasteiger partial charge is 0.298 e. The average molecular weight is 372 g/mol. The van der Waals surface area contributed by atoms with Gasteiger partial charge in [0.2, 0.25) is 5.91 Å². The van der Waals surface area contributed by atoms with Gasteiger partial charge >= 0.3 is 0 Å². The zero-order valence-corrected chi connectivity index (χ0v) is 15.1. The van der Waals surface area contributed by atoms with Crippen molar-refractivity contribution in [1.29, 1.82) is 5.26 Å². The topological polar surface area (TPSA) is 59.7 Å². The Bertz CT molecular complexity index is 781. The molecule has 2 aliphatic heterocycles. The molecule has 0 aromatic heterocycles. The molecule has 0 bridgehead atoms. The molecule has 27 heavy (non-hydrogen) atoms. The molecule has 0 spiro atoms. The third kappa shape index (κ3) is 4.77. The van der Waals surface area contributed by atoms with E-state index in [-0.39, 0.29) is 18.2 Å². The molecule has 2 atom stereocenters. The lowest BCUT2D eigenvalue weighted by Crippen LogP contribution is -2.28. The SMILES string of the molecule is C=C(CCC(=O)N1N=CCC1c1cc(F)cc(F)c1)CN1CCC(C#N)C1. The van der Waals surface area contributed by atoms with Crippen LogP contribution in [-0.4, -0.2) is 41.7 Å². The second-order valence-corrected chi connectivity index (χ2v) is 7.09. The first-order chi connectivity index (χ1) is 13.0. The lowest BCUT2D eigenvalue weighted by molar-refractivity contribution is -0.133. The van der Waals surface area contributed by atoms with Gasteiger partial charge in [0.05, 0.1) is 18.0 Å². The van der Waals surface area contributed by atoms with Crippen LogP contribution in [-0.2, 0) is 4.79 Å². The number of carbonyl (C=O) groups is 1. The quantitative estimate of drug-likeness (QED) is 0.719. The van der Waals surface area contributed by atoms with Gasteiger partial charge in [-0.2, -0.15) is 10.4 Å². The molecule has 2 aliphatic rings. The highest BCUT2D eigenvalue weighted by molar-refractivity contribution is 5.80. The molecule has 1 aromatic rings. The summed E-state index contributed by atoms with van der Waals surface area (Å²) in [5, 5.41) is 14.4. The first kappa shape index (κ1) is 19.2. The van der Waals surface area contributed by atoms with Crippen molar-refractivity contribution in [2.45, 2.75) is 31.7 Å². The third-order valence-electron chi connectivity index (χ3n) is 4.95. The molecule has 1 amide bonds. The van der Waals surface area contributed by atoms with Crippen LogP contribution < -0.4 is 0 Å². The molecule has 2 unspecified atom stereocenters. The number of benzene rings is 1. The molecule has 5 nitrogen and oxygen atoms in total. The molecule has 7 heteroatoms. The van der Waals surface area contributed by atoms with Crippen molar-refractivity contribution in [3.05, 3.63) is 47.5 Å². The summed E-state index contributed by atoms with van der Waals surface area (Å²) in [4.78, 5) is 14.7. The maximum atomic E-state index is 13.5. The lowest BCUT2D eigenvalue weighted by atomic mass is 10.0. The summed E-state index contributed by atoms with van der Waals surface area (Å²) >= 11 is 0. The van der Waals surface area contributed by atoms with Crippen molar-refractivity contribution in [3.8, 4) is 6.07 Å². The number of halogens is 2. The summed E-state index contributed by atoms with van der Waals surface area (Å²) in [6, 6.07) is 5.08. The van der Waals surface area contributed by atoms with Gasteiger partial charge in [-0.3, -0.25) is 9.69 Å². The van der Waals surface area contributed by atoms with Crippen LogP contribution in [0.3, 0.4) is 0 Å². The maximum absolute atomic E-state index is 13.5. The van der Waals surface area contributed by atoms with Crippen LogP contribution in [0.1, 0.15) is 37.3 Å². The van der Waals surface area contributed by atoms with Gasteiger partial charge in [-0.25, -0.2) is 13.8 Å². The summed E-state index contributed by atoms with van der Waals surface area (Å²) in [7, 11) is 0. The zero-order valence-electron chi connectivity index (χ0n) is 15.1. The maximum Gasteiger partial charge on any atom is 0.243 e. The fraction of sp³-hybridized carbons (Fsp3) is 0.450. The molecule has 0 N–H and O–H groups in total. The van der Waals surface area contributed by atoms with Gasteiger partial charge in [0.15, 0.2) is 0 Å². The van der Waals surface area contributed by atoms with Crippen molar-refractivity contribution in [1.82, 2.24) is 9.91 Å². The van der Waals surface area contributed by atoms with Crippen LogP contribution in [0.2, 0.25) is 0 Å². The van der Waals surface area contributed by atoms with E-state index in [1.54, 1.807) is 6.21 Å². The van der Waals surface area contributed by atoms with E-state index in [0.717, 1.165) is 31.1 Å². The number of hydrogen-bond acceptors (Lipinski definition) is 4. The van der Waals surface area contributed by atoms with E-state index < -0.39 is 17.7 Å². The average Bonchev–Trinajstić information content (AvgIpc) is 3.28. The number of rotatable bonds is 6. The molecular weight excluding hydrogens is 350 g/mol. The van der Waals surface area contributed by atoms with Crippen LogP contribution in [0, 0.1) is 28.9 Å². The van der Waals surface area contributed by atoms with Crippen LogP contribution >= 0.6 is 0 Å². The Morgan fingerprint density at radius 2 is 2.04 bits per heavy atom. The number of hydrazone groups is 1. The molecule has 1 saturated heterocycles. The normalized spacial score (nSPS) is 22.2. The Morgan fingerprint density at radius 1 is 1.30 bits per heavy atom. The predicted molar refractivity (Wildman–Crippen MR) is 97.6 cm³/mol. The summed E-state index contributed by atoms with van der Waals surface area (Å²) in [6.07, 6.45) is 3.64. The monoisotopic (exact) mass is 372 g/mol. The highest BCUT2D eigenvalue weighted by Gasteiger charge is 2.29. The molecule has 1 fully saturated rings. The highest BCUT2D eigenvalue weighted by Crippen LogP contribution is 2.30. The first-order valence-corrected chi connectivity index (χ1v) is 9.05. The summed E-state index contributed by atoms with van der Waals surface area (Å²) in [6.45, 7) is 6.32. The van der Waals surface area contributed by atoms with Crippen LogP contribution in [0.4, 0.5) is 8.78 Å². The second-order valence-electron chi connectivity index (χ2n) is 7.09. The number of nitrogens with zero attached hydrogens (tertiary/aromatic N) is 4. The predicted octanol–water partition coefficient (Wildman–Crippen LogP) is 3.41. The number of likely N-dealkylation sites (tertiary alicyclic amines) is 1. The van der Waals surface area contributed by atoms with Crippen LogP contribution in [0.5, 0.6) is 0 Å². The molecule has 2 heterocycles. The molecule has 0 radical (unpaired) electrons. The van der Waals surface area contributed by atoms with Crippen molar-refractivity contribution < 1.29 is 13.6 Å². The van der Waals surface area contributed by atoms with E-state index in [1.807, 2.05) is 0 Å². The fourth-order valence-electron chi connectivity index (χ4n) is 3.57. The first-order valence-electron chi connectivity index (χ1n) is 9.05. The van der Waals surface area contributed by atoms with E-state index in [1.165, 1.54) is 17.1 Å². The van der Waals surface area contributed by atoms with Gasteiger partial charge in [-0.1, -0.05) is 12.2 Å². The lowest BCUT2D eigenvalue weighted by Gasteiger charge is -2.23. The van der Waals surface area contributed by atoms with E-state index >= 15 is 0 Å². The van der Waals surface area contributed by atoms with Crippen molar-refractivity contribution >= 4 is 12.1 Å². The number of hydrogen-bond donors (Lipinski definition) is 0. The summed E-state index contributed by atoms with van der Waals surface area (Å²) < 4.78 is 27.0. The molecule has 0 saturated carbocycles. The molecule has 142 valence electrons. The van der Waals surface area contributed by atoms with Crippen molar-refractivity contribution in [2.24, 2.45) is 11.0 Å². The minimum absolute atomic E-state index is 0.0748. The highest BCUT2D eigenvalue weighted by atomic mass is 19.1.